The SMILES string of the molecule is C=Cc1cnc(Cc2ccc(-c3ccccc3C(=O)O)cc2)n1CCCC. The fraction of sp³-hybridized carbons (Fsp3) is 0.217. The van der Waals surface area contributed by atoms with Crippen LogP contribution in [0.25, 0.3) is 17.2 Å². The first-order valence-corrected chi connectivity index (χ1v) is 9.22. The Kier molecular flexibility index (Phi) is 5.87. The van der Waals surface area contributed by atoms with Gasteiger partial charge in [-0.15, -0.1) is 0 Å². The fourth-order valence-electron chi connectivity index (χ4n) is 3.21. The van der Waals surface area contributed by atoms with E-state index in [-0.39, 0.29) is 0 Å². The van der Waals surface area contributed by atoms with E-state index < -0.39 is 5.97 Å². The minimum absolute atomic E-state index is 0.316. The van der Waals surface area contributed by atoms with Crippen LogP contribution >= 0.6 is 0 Å². The van der Waals surface area contributed by atoms with E-state index in [0.717, 1.165) is 54.0 Å². The van der Waals surface area contributed by atoms with Crippen molar-refractivity contribution in [2.24, 2.45) is 0 Å². The van der Waals surface area contributed by atoms with E-state index in [2.05, 4.69) is 23.1 Å². The third kappa shape index (κ3) is 4.17. The molecule has 0 fully saturated rings. The third-order valence-electron chi connectivity index (χ3n) is 4.70. The highest BCUT2D eigenvalue weighted by Gasteiger charge is 2.12. The minimum Gasteiger partial charge on any atom is -0.478 e. The molecule has 1 heterocycles. The first kappa shape index (κ1) is 18.6. The summed E-state index contributed by atoms with van der Waals surface area (Å²) in [5, 5.41) is 9.38. The number of carbonyl (C=O) groups is 1. The van der Waals surface area contributed by atoms with Crippen molar-refractivity contribution in [3.63, 3.8) is 0 Å². The molecule has 4 heteroatoms. The van der Waals surface area contributed by atoms with E-state index >= 15 is 0 Å². The molecule has 27 heavy (non-hydrogen) atoms. The fourth-order valence-corrected chi connectivity index (χ4v) is 3.21. The molecule has 1 aromatic heterocycles. The summed E-state index contributed by atoms with van der Waals surface area (Å²) in [7, 11) is 0. The lowest BCUT2D eigenvalue weighted by Crippen LogP contribution is -2.06. The van der Waals surface area contributed by atoms with Crippen molar-refractivity contribution >= 4 is 12.0 Å². The second-order valence-electron chi connectivity index (χ2n) is 6.53. The number of benzene rings is 2. The van der Waals surface area contributed by atoms with E-state index in [1.807, 2.05) is 48.7 Å². The van der Waals surface area contributed by atoms with Crippen LogP contribution in [0.4, 0.5) is 0 Å². The van der Waals surface area contributed by atoms with E-state index in [0.29, 0.717) is 5.56 Å². The van der Waals surface area contributed by atoms with Gasteiger partial charge in [0.2, 0.25) is 0 Å². The van der Waals surface area contributed by atoms with Gasteiger partial charge in [-0.2, -0.15) is 0 Å². The van der Waals surface area contributed by atoms with Gasteiger partial charge in [-0.05, 0) is 35.3 Å². The molecule has 2 aromatic carbocycles. The molecule has 0 atom stereocenters. The quantitative estimate of drug-likeness (QED) is 0.594. The van der Waals surface area contributed by atoms with Crippen molar-refractivity contribution in [3.8, 4) is 11.1 Å². The average molecular weight is 360 g/mol. The number of carboxylic acid groups (broad SMARTS) is 1. The molecule has 0 aliphatic heterocycles. The summed E-state index contributed by atoms with van der Waals surface area (Å²) in [5.41, 5.74) is 4.14. The van der Waals surface area contributed by atoms with Crippen LogP contribution < -0.4 is 0 Å². The van der Waals surface area contributed by atoms with Crippen LogP contribution in [0.1, 0.15) is 47.2 Å². The van der Waals surface area contributed by atoms with Crippen LogP contribution in [0.3, 0.4) is 0 Å². The highest BCUT2D eigenvalue weighted by molar-refractivity contribution is 5.95. The summed E-state index contributed by atoms with van der Waals surface area (Å²) in [4.78, 5) is 16.0. The Labute approximate surface area is 159 Å². The molecule has 0 amide bonds. The van der Waals surface area contributed by atoms with Crippen molar-refractivity contribution in [1.29, 1.82) is 0 Å². The lowest BCUT2D eigenvalue weighted by atomic mass is 9.98. The molecule has 0 spiro atoms. The van der Waals surface area contributed by atoms with Gasteiger partial charge in [0.1, 0.15) is 5.82 Å². The van der Waals surface area contributed by atoms with Gasteiger partial charge < -0.3 is 9.67 Å². The molecule has 0 saturated carbocycles. The number of aromatic carboxylic acids is 1. The summed E-state index contributed by atoms with van der Waals surface area (Å²) in [6.07, 6.45) is 6.69. The van der Waals surface area contributed by atoms with Gasteiger partial charge in [0.25, 0.3) is 0 Å². The zero-order valence-corrected chi connectivity index (χ0v) is 15.6. The summed E-state index contributed by atoms with van der Waals surface area (Å²) >= 11 is 0. The second kappa shape index (κ2) is 8.49. The number of nitrogens with zero attached hydrogens (tertiary/aromatic N) is 2. The zero-order valence-electron chi connectivity index (χ0n) is 15.6. The lowest BCUT2D eigenvalue weighted by Gasteiger charge is -2.11. The van der Waals surface area contributed by atoms with Crippen molar-refractivity contribution < 1.29 is 9.90 Å². The first-order chi connectivity index (χ1) is 13.1. The van der Waals surface area contributed by atoms with Crippen LogP contribution in [-0.4, -0.2) is 20.6 Å². The summed E-state index contributed by atoms with van der Waals surface area (Å²) in [6, 6.07) is 15.1. The predicted molar refractivity (Wildman–Crippen MR) is 109 cm³/mol. The van der Waals surface area contributed by atoms with Gasteiger partial charge in [-0.3, -0.25) is 0 Å². The Morgan fingerprint density at radius 3 is 2.59 bits per heavy atom. The van der Waals surface area contributed by atoms with E-state index in [1.165, 1.54) is 0 Å². The van der Waals surface area contributed by atoms with E-state index in [4.69, 9.17) is 0 Å². The average Bonchev–Trinajstić information content (AvgIpc) is 3.08. The highest BCUT2D eigenvalue weighted by atomic mass is 16.4. The molecule has 0 aliphatic rings. The number of hydrogen-bond acceptors (Lipinski definition) is 2. The molecule has 3 rings (SSSR count). The number of aromatic nitrogens is 2. The maximum Gasteiger partial charge on any atom is 0.336 e. The molecule has 0 unspecified atom stereocenters. The first-order valence-electron chi connectivity index (χ1n) is 9.22. The van der Waals surface area contributed by atoms with Gasteiger partial charge in [0.15, 0.2) is 0 Å². The molecular formula is C23H24N2O2. The Morgan fingerprint density at radius 1 is 1.19 bits per heavy atom. The van der Waals surface area contributed by atoms with Crippen LogP contribution in [0.15, 0.2) is 61.3 Å². The normalized spacial score (nSPS) is 10.7. The van der Waals surface area contributed by atoms with Crippen molar-refractivity contribution in [2.45, 2.75) is 32.7 Å². The predicted octanol–water partition coefficient (Wildman–Crippen LogP) is 5.28. The van der Waals surface area contributed by atoms with Crippen LogP contribution in [0.5, 0.6) is 0 Å². The molecule has 4 nitrogen and oxygen atoms in total. The smallest absolute Gasteiger partial charge is 0.336 e. The van der Waals surface area contributed by atoms with Crippen LogP contribution in [-0.2, 0) is 13.0 Å². The lowest BCUT2D eigenvalue weighted by molar-refractivity contribution is 0.0697. The maximum atomic E-state index is 11.4. The maximum absolute atomic E-state index is 11.4. The standard InChI is InChI=1S/C23H24N2O2/c1-3-5-14-25-19(4-2)16-24-22(25)15-17-10-12-18(13-11-17)20-8-6-7-9-21(20)23(26)27/h4,6-13,16H,2-3,5,14-15H2,1H3,(H,26,27). The zero-order chi connectivity index (χ0) is 19.2. The molecule has 0 aliphatic carbocycles. The molecule has 1 N–H and O–H groups in total. The molecule has 3 aromatic rings. The van der Waals surface area contributed by atoms with Crippen LogP contribution in [0.2, 0.25) is 0 Å². The number of carboxylic acids is 1. The highest BCUT2D eigenvalue weighted by Crippen LogP contribution is 2.25. The van der Waals surface area contributed by atoms with Crippen LogP contribution in [0, 0.1) is 0 Å². The van der Waals surface area contributed by atoms with E-state index in [9.17, 15) is 9.90 Å². The number of rotatable bonds is 8. The van der Waals surface area contributed by atoms with E-state index in [1.54, 1.807) is 12.1 Å². The van der Waals surface area contributed by atoms with Crippen molar-refractivity contribution in [3.05, 3.63) is 84.0 Å². The largest absolute Gasteiger partial charge is 0.478 e. The second-order valence-corrected chi connectivity index (χ2v) is 6.53. The monoisotopic (exact) mass is 360 g/mol. The van der Waals surface area contributed by atoms with Gasteiger partial charge in [-0.25, -0.2) is 9.78 Å². The molecule has 0 saturated heterocycles. The Hall–Kier alpha value is -3.14. The number of hydrogen-bond donors (Lipinski definition) is 1. The number of unbranched alkanes of at least 4 members (excludes halogenated alkanes) is 1. The Bertz CT molecular complexity index is 939. The summed E-state index contributed by atoms with van der Waals surface area (Å²) in [5.74, 6) is 0.113. The Balaban J connectivity index is 1.84. The summed E-state index contributed by atoms with van der Waals surface area (Å²) in [6.45, 7) is 7.00. The minimum atomic E-state index is -0.912. The topological polar surface area (TPSA) is 55.1 Å². The molecule has 0 bridgehead atoms. The summed E-state index contributed by atoms with van der Waals surface area (Å²) < 4.78 is 2.23. The molecule has 138 valence electrons. The van der Waals surface area contributed by atoms with Crippen molar-refractivity contribution in [2.75, 3.05) is 0 Å². The van der Waals surface area contributed by atoms with Gasteiger partial charge in [0, 0.05) is 13.0 Å². The molecular weight excluding hydrogens is 336 g/mol. The number of imidazole rings is 1. The van der Waals surface area contributed by atoms with Gasteiger partial charge in [0.05, 0.1) is 17.5 Å². The van der Waals surface area contributed by atoms with Gasteiger partial charge >= 0.3 is 5.97 Å². The Morgan fingerprint density at radius 2 is 1.93 bits per heavy atom. The van der Waals surface area contributed by atoms with Crippen molar-refractivity contribution in [1.82, 2.24) is 9.55 Å². The van der Waals surface area contributed by atoms with Gasteiger partial charge in [-0.1, -0.05) is 62.4 Å². The third-order valence-corrected chi connectivity index (χ3v) is 4.70. The molecule has 0 radical (unpaired) electrons.